The highest BCUT2D eigenvalue weighted by atomic mass is 79.9. The van der Waals surface area contributed by atoms with Gasteiger partial charge >= 0.3 is 0 Å². The molecule has 1 aromatic heterocycles. The van der Waals surface area contributed by atoms with Crippen LogP contribution in [0, 0.1) is 0 Å². The number of halogens is 1. The third-order valence-corrected chi connectivity index (χ3v) is 4.97. The Hall–Kier alpha value is -2.31. The van der Waals surface area contributed by atoms with Crippen LogP contribution in [0.25, 0.3) is 11.3 Å². The minimum atomic E-state index is -0.317. The summed E-state index contributed by atoms with van der Waals surface area (Å²) >= 11 is 4.68. The monoisotopic (exact) mass is 384 g/mol. The lowest BCUT2D eigenvalue weighted by atomic mass is 10.1. The zero-order chi connectivity index (χ0) is 16.0. The summed E-state index contributed by atoms with van der Waals surface area (Å²) in [6.07, 6.45) is 0. The maximum atomic E-state index is 12.5. The number of carbonyl (C=O) groups is 2. The molecule has 0 unspecified atom stereocenters. The number of amides is 2. The van der Waals surface area contributed by atoms with Gasteiger partial charge in [0.15, 0.2) is 5.13 Å². The number of carbonyl (C=O) groups excluding carboxylic acids is 2. The molecule has 23 heavy (non-hydrogen) atoms. The number of hydrogen-bond acceptors (Lipinski definition) is 4. The van der Waals surface area contributed by atoms with Crippen LogP contribution in [0.2, 0.25) is 0 Å². The van der Waals surface area contributed by atoms with Gasteiger partial charge in [0.1, 0.15) is 0 Å². The molecule has 2 aromatic carbocycles. The van der Waals surface area contributed by atoms with Crippen molar-refractivity contribution in [3.63, 3.8) is 0 Å². The van der Waals surface area contributed by atoms with Crippen molar-refractivity contribution in [2.45, 2.75) is 0 Å². The van der Waals surface area contributed by atoms with Crippen molar-refractivity contribution in [2.24, 2.45) is 0 Å². The van der Waals surface area contributed by atoms with E-state index < -0.39 is 0 Å². The molecule has 4 rings (SSSR count). The summed E-state index contributed by atoms with van der Waals surface area (Å²) in [6.45, 7) is 0. The van der Waals surface area contributed by atoms with Crippen LogP contribution in [-0.2, 0) is 0 Å². The third-order valence-electron chi connectivity index (χ3n) is 3.62. The first-order valence-corrected chi connectivity index (χ1v) is 8.52. The van der Waals surface area contributed by atoms with Crippen molar-refractivity contribution in [3.8, 4) is 11.3 Å². The predicted octanol–water partition coefficient (Wildman–Crippen LogP) is 4.37. The number of imide groups is 1. The summed E-state index contributed by atoms with van der Waals surface area (Å²) in [6, 6.07) is 14.6. The minimum Gasteiger partial charge on any atom is -0.268 e. The Balaban J connectivity index is 1.72. The number of nitrogens with zero attached hydrogens (tertiary/aromatic N) is 2. The molecule has 2 heterocycles. The van der Waals surface area contributed by atoms with E-state index >= 15 is 0 Å². The molecule has 112 valence electrons. The molecule has 1 aliphatic rings. The number of thiazole rings is 1. The van der Waals surface area contributed by atoms with Gasteiger partial charge in [-0.15, -0.1) is 11.3 Å². The summed E-state index contributed by atoms with van der Waals surface area (Å²) in [5, 5.41) is 2.25. The Bertz CT molecular complexity index is 899. The first-order chi connectivity index (χ1) is 11.1. The first kappa shape index (κ1) is 14.3. The number of anilines is 1. The van der Waals surface area contributed by atoms with Gasteiger partial charge in [-0.25, -0.2) is 9.88 Å². The molecule has 0 N–H and O–H groups in total. The molecular formula is C17H9BrN2O2S. The van der Waals surface area contributed by atoms with E-state index in [1.54, 1.807) is 24.3 Å². The van der Waals surface area contributed by atoms with Gasteiger partial charge in [0.25, 0.3) is 11.8 Å². The van der Waals surface area contributed by atoms with E-state index in [1.807, 2.05) is 29.6 Å². The van der Waals surface area contributed by atoms with Gasteiger partial charge in [-0.05, 0) is 24.3 Å². The van der Waals surface area contributed by atoms with Crippen molar-refractivity contribution >= 4 is 44.2 Å². The molecule has 1 aliphatic heterocycles. The molecule has 0 atom stereocenters. The zero-order valence-corrected chi connectivity index (χ0v) is 14.1. The number of fused-ring (bicyclic) bond motifs is 1. The lowest BCUT2D eigenvalue weighted by molar-refractivity contribution is 0.0926. The maximum absolute atomic E-state index is 12.5. The van der Waals surface area contributed by atoms with Gasteiger partial charge in [-0.3, -0.25) is 9.59 Å². The second-order valence-corrected chi connectivity index (χ2v) is 6.77. The van der Waals surface area contributed by atoms with Crippen molar-refractivity contribution in [1.29, 1.82) is 0 Å². The lowest BCUT2D eigenvalue weighted by Crippen LogP contribution is -2.29. The molecule has 0 fully saturated rings. The summed E-state index contributed by atoms with van der Waals surface area (Å²) in [5.74, 6) is -0.635. The van der Waals surface area contributed by atoms with E-state index in [9.17, 15) is 9.59 Å². The highest BCUT2D eigenvalue weighted by Gasteiger charge is 2.37. The van der Waals surface area contributed by atoms with E-state index in [0.29, 0.717) is 16.3 Å². The Morgan fingerprint density at radius 3 is 2.13 bits per heavy atom. The second kappa shape index (κ2) is 5.40. The van der Waals surface area contributed by atoms with Crippen LogP contribution >= 0.6 is 27.3 Å². The van der Waals surface area contributed by atoms with Gasteiger partial charge in [0.05, 0.1) is 16.8 Å². The van der Waals surface area contributed by atoms with E-state index in [4.69, 9.17) is 0 Å². The van der Waals surface area contributed by atoms with Crippen LogP contribution in [0.4, 0.5) is 5.13 Å². The Morgan fingerprint density at radius 2 is 1.52 bits per heavy atom. The van der Waals surface area contributed by atoms with Crippen LogP contribution < -0.4 is 4.90 Å². The zero-order valence-electron chi connectivity index (χ0n) is 11.7. The van der Waals surface area contributed by atoms with Crippen LogP contribution in [0.3, 0.4) is 0 Å². The molecule has 0 spiro atoms. The maximum Gasteiger partial charge on any atom is 0.268 e. The Labute approximate surface area is 144 Å². The molecule has 0 bridgehead atoms. The normalized spacial score (nSPS) is 13.5. The molecule has 4 nitrogen and oxygen atoms in total. The predicted molar refractivity (Wildman–Crippen MR) is 92.8 cm³/mol. The van der Waals surface area contributed by atoms with E-state index in [1.165, 1.54) is 11.3 Å². The van der Waals surface area contributed by atoms with Crippen molar-refractivity contribution in [3.05, 3.63) is 69.5 Å². The fraction of sp³-hybridized carbons (Fsp3) is 0. The number of rotatable bonds is 2. The number of benzene rings is 2. The third kappa shape index (κ3) is 2.31. The average Bonchev–Trinajstić information content (AvgIpc) is 3.13. The van der Waals surface area contributed by atoms with Gasteiger partial charge in [0, 0.05) is 15.4 Å². The molecule has 6 heteroatoms. The fourth-order valence-corrected chi connectivity index (χ4v) is 3.58. The largest absolute Gasteiger partial charge is 0.268 e. The lowest BCUT2D eigenvalue weighted by Gasteiger charge is -2.08. The van der Waals surface area contributed by atoms with E-state index in [-0.39, 0.29) is 11.8 Å². The van der Waals surface area contributed by atoms with Crippen molar-refractivity contribution < 1.29 is 9.59 Å². The highest BCUT2D eigenvalue weighted by molar-refractivity contribution is 9.10. The van der Waals surface area contributed by atoms with Crippen molar-refractivity contribution in [1.82, 2.24) is 4.98 Å². The van der Waals surface area contributed by atoms with Gasteiger partial charge in [0.2, 0.25) is 0 Å². The Morgan fingerprint density at radius 1 is 0.913 bits per heavy atom. The van der Waals surface area contributed by atoms with E-state index in [0.717, 1.165) is 20.6 Å². The van der Waals surface area contributed by atoms with Gasteiger partial charge < -0.3 is 0 Å². The highest BCUT2D eigenvalue weighted by Crippen LogP contribution is 2.33. The molecule has 2 amide bonds. The summed E-state index contributed by atoms with van der Waals surface area (Å²) < 4.78 is 0.983. The van der Waals surface area contributed by atoms with Gasteiger partial charge in [-0.1, -0.05) is 40.2 Å². The summed E-state index contributed by atoms with van der Waals surface area (Å²) in [4.78, 5) is 30.5. The topological polar surface area (TPSA) is 50.3 Å². The van der Waals surface area contributed by atoms with E-state index in [2.05, 4.69) is 20.9 Å². The molecular weight excluding hydrogens is 376 g/mol. The molecule has 0 saturated heterocycles. The minimum absolute atomic E-state index is 0.317. The molecule has 0 aliphatic carbocycles. The molecule has 0 radical (unpaired) electrons. The number of aromatic nitrogens is 1. The van der Waals surface area contributed by atoms with Crippen LogP contribution in [0.1, 0.15) is 20.7 Å². The molecule has 3 aromatic rings. The molecule has 0 saturated carbocycles. The van der Waals surface area contributed by atoms with Crippen LogP contribution in [-0.4, -0.2) is 16.8 Å². The number of hydrogen-bond donors (Lipinski definition) is 0. The average molecular weight is 385 g/mol. The van der Waals surface area contributed by atoms with Crippen LogP contribution in [0.15, 0.2) is 58.4 Å². The summed E-state index contributed by atoms with van der Waals surface area (Å²) in [5.41, 5.74) is 2.54. The van der Waals surface area contributed by atoms with Crippen molar-refractivity contribution in [2.75, 3.05) is 4.90 Å². The standard InChI is InChI=1S/C17H9BrN2O2S/c18-11-7-5-10(6-8-11)14-9-23-17(19-14)20-15(21)12-3-1-2-4-13(12)16(20)22/h1-9H. The smallest absolute Gasteiger partial charge is 0.268 e. The first-order valence-electron chi connectivity index (χ1n) is 6.84. The van der Waals surface area contributed by atoms with Gasteiger partial charge in [-0.2, -0.15) is 0 Å². The second-order valence-electron chi connectivity index (χ2n) is 5.01. The summed E-state index contributed by atoms with van der Waals surface area (Å²) in [7, 11) is 0. The Kier molecular flexibility index (Phi) is 3.36. The fourth-order valence-electron chi connectivity index (χ4n) is 2.48. The quantitative estimate of drug-likeness (QED) is 0.616. The SMILES string of the molecule is O=C1c2ccccc2C(=O)N1c1nc(-c2ccc(Br)cc2)cs1. The van der Waals surface area contributed by atoms with Crippen LogP contribution in [0.5, 0.6) is 0 Å².